The molecule has 112 valence electrons. The van der Waals surface area contributed by atoms with Crippen molar-refractivity contribution in [1.29, 1.82) is 0 Å². The minimum Gasteiger partial charge on any atom is -0.389 e. The number of aliphatic hydroxyl groups is 2. The molecule has 0 unspecified atom stereocenters. The Morgan fingerprint density at radius 3 is 2.95 bits per heavy atom. The number of ether oxygens (including phenoxy) is 1. The van der Waals surface area contributed by atoms with Gasteiger partial charge in [-0.3, -0.25) is 0 Å². The maximum atomic E-state index is 9.94. The van der Waals surface area contributed by atoms with Crippen LogP contribution in [0, 0.1) is 0 Å². The van der Waals surface area contributed by atoms with Crippen LogP contribution in [0.1, 0.15) is 5.69 Å². The highest BCUT2D eigenvalue weighted by Gasteiger charge is 2.30. The molecule has 2 aromatic heterocycles. The average molecular weight is 289 g/mol. The molecule has 1 saturated heterocycles. The summed E-state index contributed by atoms with van der Waals surface area (Å²) in [4.78, 5) is 4.32. The Morgan fingerprint density at radius 2 is 2.14 bits per heavy atom. The highest BCUT2D eigenvalue weighted by molar-refractivity contribution is 5.27. The minimum absolute atomic E-state index is 0.184. The van der Waals surface area contributed by atoms with E-state index in [1.54, 1.807) is 6.20 Å². The number of hydrogen-bond acceptors (Lipinski definition) is 5. The molecule has 0 spiro atoms. The van der Waals surface area contributed by atoms with Crippen molar-refractivity contribution in [2.45, 2.75) is 24.8 Å². The van der Waals surface area contributed by atoms with E-state index in [0.29, 0.717) is 13.2 Å². The topological polar surface area (TPSA) is 79.5 Å². The summed E-state index contributed by atoms with van der Waals surface area (Å²) < 4.78 is 7.24. The lowest BCUT2D eigenvalue weighted by Gasteiger charge is -2.32. The van der Waals surface area contributed by atoms with Crippen LogP contribution < -0.4 is 5.32 Å². The average Bonchev–Trinajstić information content (AvgIpc) is 2.98. The van der Waals surface area contributed by atoms with Gasteiger partial charge in [0.25, 0.3) is 0 Å². The van der Waals surface area contributed by atoms with Gasteiger partial charge in [-0.25, -0.2) is 4.98 Å². The van der Waals surface area contributed by atoms with Crippen molar-refractivity contribution in [1.82, 2.24) is 14.9 Å². The molecule has 0 amide bonds. The van der Waals surface area contributed by atoms with Crippen LogP contribution in [-0.2, 0) is 11.3 Å². The van der Waals surface area contributed by atoms with Gasteiger partial charge in [0.05, 0.1) is 25.4 Å². The zero-order chi connectivity index (χ0) is 14.7. The molecule has 0 aliphatic carbocycles. The monoisotopic (exact) mass is 289 g/mol. The number of nitrogens with zero attached hydrogens (tertiary/aromatic N) is 2. The maximum absolute atomic E-state index is 9.94. The van der Waals surface area contributed by atoms with E-state index in [9.17, 15) is 10.2 Å². The van der Waals surface area contributed by atoms with E-state index in [4.69, 9.17) is 4.74 Å². The van der Waals surface area contributed by atoms with Crippen molar-refractivity contribution in [2.75, 3.05) is 13.2 Å². The van der Waals surface area contributed by atoms with Crippen molar-refractivity contribution in [3.8, 4) is 5.82 Å². The molecule has 21 heavy (non-hydrogen) atoms. The number of nitrogens with one attached hydrogen (secondary N) is 1. The van der Waals surface area contributed by atoms with Gasteiger partial charge < -0.3 is 24.8 Å². The summed E-state index contributed by atoms with van der Waals surface area (Å²) in [6, 6.07) is 9.42. The van der Waals surface area contributed by atoms with Crippen LogP contribution >= 0.6 is 0 Å². The second-order valence-corrected chi connectivity index (χ2v) is 5.14. The van der Waals surface area contributed by atoms with Gasteiger partial charge in [-0.15, -0.1) is 0 Å². The molecule has 2 aromatic rings. The van der Waals surface area contributed by atoms with Crippen LogP contribution in [0.4, 0.5) is 0 Å². The van der Waals surface area contributed by atoms with Crippen LogP contribution in [0.5, 0.6) is 0 Å². The van der Waals surface area contributed by atoms with Gasteiger partial charge in [-0.2, -0.15) is 0 Å². The first-order valence-electron chi connectivity index (χ1n) is 7.00. The molecule has 6 heteroatoms. The molecule has 6 nitrogen and oxygen atoms in total. The largest absolute Gasteiger partial charge is 0.389 e. The Bertz CT molecular complexity index is 573. The van der Waals surface area contributed by atoms with Crippen LogP contribution in [-0.4, -0.2) is 51.2 Å². The molecule has 3 heterocycles. The van der Waals surface area contributed by atoms with E-state index in [1.807, 2.05) is 41.1 Å². The standard InChI is InChI=1S/C15H19N3O3/c19-13-10-21-9-12(15(13)20)17-8-11-4-3-7-18(11)14-5-1-2-6-16-14/h1-7,12-13,15,17,19-20H,8-10H2/t12-,13-,15+/m1/s1. The molecule has 3 atom stereocenters. The number of pyridine rings is 1. The highest BCUT2D eigenvalue weighted by atomic mass is 16.5. The summed E-state index contributed by atoms with van der Waals surface area (Å²) in [6.45, 7) is 1.13. The van der Waals surface area contributed by atoms with Crippen LogP contribution in [0.15, 0.2) is 42.7 Å². The summed E-state index contributed by atoms with van der Waals surface area (Å²) >= 11 is 0. The van der Waals surface area contributed by atoms with Crippen molar-refractivity contribution in [3.63, 3.8) is 0 Å². The third-order valence-corrected chi connectivity index (χ3v) is 3.67. The summed E-state index contributed by atoms with van der Waals surface area (Å²) in [5, 5.41) is 22.8. The first kappa shape index (κ1) is 14.2. The Balaban J connectivity index is 1.68. The lowest BCUT2D eigenvalue weighted by molar-refractivity contribution is -0.105. The van der Waals surface area contributed by atoms with Gasteiger partial charge >= 0.3 is 0 Å². The van der Waals surface area contributed by atoms with Crippen LogP contribution in [0.2, 0.25) is 0 Å². The maximum Gasteiger partial charge on any atom is 0.136 e. The lowest BCUT2D eigenvalue weighted by Crippen LogP contribution is -2.54. The Labute approximate surface area is 123 Å². The minimum atomic E-state index is -0.834. The predicted octanol–water partition coefficient (Wildman–Crippen LogP) is 0.0825. The molecular weight excluding hydrogens is 270 g/mol. The summed E-state index contributed by atoms with van der Waals surface area (Å²) in [6.07, 6.45) is 2.06. The molecular formula is C15H19N3O3. The van der Waals surface area contributed by atoms with Gasteiger partial charge in [0.15, 0.2) is 0 Å². The van der Waals surface area contributed by atoms with Crippen LogP contribution in [0.3, 0.4) is 0 Å². The fraction of sp³-hybridized carbons (Fsp3) is 0.400. The third kappa shape index (κ3) is 3.14. The smallest absolute Gasteiger partial charge is 0.136 e. The van der Waals surface area contributed by atoms with E-state index in [1.165, 1.54) is 0 Å². The van der Waals surface area contributed by atoms with E-state index in [0.717, 1.165) is 11.5 Å². The van der Waals surface area contributed by atoms with Crippen molar-refractivity contribution in [2.24, 2.45) is 0 Å². The Morgan fingerprint density at radius 1 is 1.24 bits per heavy atom. The Hall–Kier alpha value is -1.73. The summed E-state index contributed by atoms with van der Waals surface area (Å²) in [5.41, 5.74) is 1.03. The molecule has 0 saturated carbocycles. The number of rotatable bonds is 4. The zero-order valence-electron chi connectivity index (χ0n) is 11.6. The van der Waals surface area contributed by atoms with Gasteiger partial charge in [0.2, 0.25) is 0 Å². The normalized spacial score (nSPS) is 25.9. The van der Waals surface area contributed by atoms with E-state index < -0.39 is 12.2 Å². The first-order chi connectivity index (χ1) is 10.3. The first-order valence-corrected chi connectivity index (χ1v) is 7.00. The molecule has 1 aliphatic heterocycles. The summed E-state index contributed by atoms with van der Waals surface area (Å²) in [5.74, 6) is 0.847. The molecule has 1 aliphatic rings. The van der Waals surface area contributed by atoms with Gasteiger partial charge in [-0.05, 0) is 24.3 Å². The van der Waals surface area contributed by atoms with Gasteiger partial charge in [0.1, 0.15) is 11.9 Å². The fourth-order valence-electron chi connectivity index (χ4n) is 2.48. The predicted molar refractivity (Wildman–Crippen MR) is 77.0 cm³/mol. The molecule has 0 bridgehead atoms. The molecule has 3 N–H and O–H groups in total. The molecule has 1 fully saturated rings. The van der Waals surface area contributed by atoms with Crippen LogP contribution in [0.25, 0.3) is 5.82 Å². The third-order valence-electron chi connectivity index (χ3n) is 3.67. The zero-order valence-corrected chi connectivity index (χ0v) is 11.6. The number of aromatic nitrogens is 2. The van der Waals surface area contributed by atoms with Gasteiger partial charge in [0, 0.05) is 24.6 Å². The Kier molecular flexibility index (Phi) is 4.31. The quantitative estimate of drug-likeness (QED) is 0.743. The highest BCUT2D eigenvalue weighted by Crippen LogP contribution is 2.12. The SMILES string of the molecule is O[C@@H]1[C@H](O)COC[C@H]1NCc1cccn1-c1ccccn1. The number of aliphatic hydroxyl groups excluding tert-OH is 2. The van der Waals surface area contributed by atoms with E-state index in [2.05, 4.69) is 10.3 Å². The second kappa shape index (κ2) is 6.36. The van der Waals surface area contributed by atoms with E-state index >= 15 is 0 Å². The summed E-state index contributed by atoms with van der Waals surface area (Å²) in [7, 11) is 0. The lowest BCUT2D eigenvalue weighted by atomic mass is 10.0. The number of hydrogen-bond donors (Lipinski definition) is 3. The van der Waals surface area contributed by atoms with Gasteiger partial charge in [-0.1, -0.05) is 6.07 Å². The molecule has 0 aromatic carbocycles. The second-order valence-electron chi connectivity index (χ2n) is 5.14. The molecule has 3 rings (SSSR count). The van der Waals surface area contributed by atoms with Crippen molar-refractivity contribution >= 4 is 0 Å². The van der Waals surface area contributed by atoms with Crippen molar-refractivity contribution < 1.29 is 14.9 Å². The molecule has 0 radical (unpaired) electrons. The van der Waals surface area contributed by atoms with E-state index in [-0.39, 0.29) is 12.6 Å². The fourth-order valence-corrected chi connectivity index (χ4v) is 2.48. The van der Waals surface area contributed by atoms with Crippen molar-refractivity contribution in [3.05, 3.63) is 48.4 Å².